The van der Waals surface area contributed by atoms with Crippen LogP contribution < -0.4 is 44.4 Å². The molecule has 4 aromatic rings. The average molecular weight is 577 g/mol. The summed E-state index contributed by atoms with van der Waals surface area (Å²) in [5.74, 6) is 4.50. The number of methoxy groups -OCH3 is 6. The molecule has 0 unspecified atom stereocenters. The average Bonchev–Trinajstić information content (AvgIpc) is 2.98. The molecule has 1 heterocycles. The zero-order chi connectivity index (χ0) is 30.4. The fraction of sp³-hybridized carbons (Fsp3) is 0.300. The maximum Gasteiger partial charge on any atom is 0.233 e. The zero-order valence-electron chi connectivity index (χ0n) is 25.3. The Balaban J connectivity index is 1.82. The zero-order valence-corrected chi connectivity index (χ0v) is 25.3. The van der Waals surface area contributed by atoms with E-state index in [0.717, 1.165) is 16.7 Å². The van der Waals surface area contributed by atoms with Crippen LogP contribution in [0.3, 0.4) is 0 Å². The number of nitrogens with zero attached hydrogens (tertiary/aromatic N) is 3. The molecule has 3 aromatic carbocycles. The lowest BCUT2D eigenvalue weighted by Crippen LogP contribution is -2.09. The number of ether oxygens (including phenoxy) is 6. The Morgan fingerprint density at radius 3 is 0.833 bits per heavy atom. The van der Waals surface area contributed by atoms with Gasteiger partial charge in [-0.2, -0.15) is 15.0 Å². The molecule has 0 aliphatic carbocycles. The Kier molecular flexibility index (Phi) is 9.25. The molecule has 0 aliphatic heterocycles. The fourth-order valence-corrected chi connectivity index (χ4v) is 4.35. The molecule has 222 valence electrons. The minimum atomic E-state index is 0.232. The number of anilines is 6. The number of aryl methyl sites for hydroxylation is 3. The van der Waals surface area contributed by atoms with E-state index in [9.17, 15) is 0 Å². The van der Waals surface area contributed by atoms with Gasteiger partial charge in [-0.3, -0.25) is 0 Å². The molecule has 0 atom stereocenters. The maximum absolute atomic E-state index is 5.60. The van der Waals surface area contributed by atoms with Crippen LogP contribution in [-0.4, -0.2) is 57.6 Å². The van der Waals surface area contributed by atoms with Crippen LogP contribution in [0.5, 0.6) is 34.5 Å². The predicted molar refractivity (Wildman–Crippen MR) is 163 cm³/mol. The highest BCUT2D eigenvalue weighted by atomic mass is 16.5. The van der Waals surface area contributed by atoms with Crippen LogP contribution in [0.2, 0.25) is 0 Å². The summed E-state index contributed by atoms with van der Waals surface area (Å²) in [4.78, 5) is 13.9. The van der Waals surface area contributed by atoms with E-state index in [1.807, 2.05) is 57.2 Å². The van der Waals surface area contributed by atoms with Crippen molar-refractivity contribution in [2.75, 3.05) is 58.6 Å². The van der Waals surface area contributed by atoms with Gasteiger partial charge in [-0.15, -0.1) is 0 Å². The Morgan fingerprint density at radius 2 is 0.619 bits per heavy atom. The first kappa shape index (κ1) is 29.8. The van der Waals surface area contributed by atoms with E-state index >= 15 is 0 Å². The largest absolute Gasteiger partial charge is 0.496 e. The number of nitrogens with one attached hydrogen (secondary N) is 3. The van der Waals surface area contributed by atoms with E-state index in [4.69, 9.17) is 28.4 Å². The van der Waals surface area contributed by atoms with E-state index in [1.54, 1.807) is 42.7 Å². The van der Waals surface area contributed by atoms with Crippen molar-refractivity contribution < 1.29 is 28.4 Å². The molecule has 0 aliphatic rings. The van der Waals surface area contributed by atoms with Gasteiger partial charge in [0.25, 0.3) is 0 Å². The molecule has 0 bridgehead atoms. The minimum absolute atomic E-state index is 0.232. The first-order valence-electron chi connectivity index (χ1n) is 13.0. The third-order valence-electron chi connectivity index (χ3n) is 6.53. The summed E-state index contributed by atoms with van der Waals surface area (Å²) < 4.78 is 33.4. The first-order valence-corrected chi connectivity index (χ1v) is 13.0. The SMILES string of the molecule is COc1cc(Nc2nc(Nc3cc(OC)c(C)cc3OC)nc(Nc3cc(OC)c(C)cc3OC)n2)c(OC)cc1C. The Morgan fingerprint density at radius 1 is 0.381 bits per heavy atom. The molecule has 12 heteroatoms. The molecule has 3 N–H and O–H groups in total. The second-order valence-electron chi connectivity index (χ2n) is 9.25. The molecule has 0 fully saturated rings. The monoisotopic (exact) mass is 576 g/mol. The van der Waals surface area contributed by atoms with Crippen LogP contribution in [0.1, 0.15) is 16.7 Å². The van der Waals surface area contributed by atoms with Crippen molar-refractivity contribution in [1.82, 2.24) is 15.0 Å². The molecule has 0 radical (unpaired) electrons. The van der Waals surface area contributed by atoms with E-state index in [0.29, 0.717) is 51.6 Å². The van der Waals surface area contributed by atoms with Crippen LogP contribution in [0.25, 0.3) is 0 Å². The molecule has 0 spiro atoms. The van der Waals surface area contributed by atoms with Crippen LogP contribution >= 0.6 is 0 Å². The highest BCUT2D eigenvalue weighted by Gasteiger charge is 2.17. The van der Waals surface area contributed by atoms with Gasteiger partial charge in [0.1, 0.15) is 34.5 Å². The van der Waals surface area contributed by atoms with Gasteiger partial charge in [0.05, 0.1) is 59.7 Å². The summed E-state index contributed by atoms with van der Waals surface area (Å²) in [7, 11) is 9.60. The lowest BCUT2D eigenvalue weighted by Gasteiger charge is -2.17. The van der Waals surface area contributed by atoms with Gasteiger partial charge >= 0.3 is 0 Å². The third kappa shape index (κ3) is 6.43. The van der Waals surface area contributed by atoms with Gasteiger partial charge in [-0.05, 0) is 55.7 Å². The second-order valence-corrected chi connectivity index (χ2v) is 9.25. The van der Waals surface area contributed by atoms with Gasteiger partial charge in [0.2, 0.25) is 17.8 Å². The summed E-state index contributed by atoms with van der Waals surface area (Å²) in [5, 5.41) is 9.72. The molecular formula is C30H36N6O6. The number of hydrogen-bond acceptors (Lipinski definition) is 12. The Bertz CT molecular complexity index is 1380. The van der Waals surface area contributed by atoms with E-state index in [1.165, 1.54) is 0 Å². The van der Waals surface area contributed by atoms with Crippen LogP contribution in [0.4, 0.5) is 34.9 Å². The number of rotatable bonds is 12. The quantitative estimate of drug-likeness (QED) is 0.181. The van der Waals surface area contributed by atoms with E-state index in [-0.39, 0.29) is 17.8 Å². The van der Waals surface area contributed by atoms with Crippen molar-refractivity contribution in [1.29, 1.82) is 0 Å². The van der Waals surface area contributed by atoms with E-state index < -0.39 is 0 Å². The van der Waals surface area contributed by atoms with Gasteiger partial charge < -0.3 is 44.4 Å². The molecule has 4 rings (SSSR count). The van der Waals surface area contributed by atoms with Crippen LogP contribution in [-0.2, 0) is 0 Å². The van der Waals surface area contributed by atoms with Gasteiger partial charge in [0, 0.05) is 18.2 Å². The molecule has 0 saturated heterocycles. The maximum atomic E-state index is 5.60. The van der Waals surface area contributed by atoms with Crippen molar-refractivity contribution in [2.24, 2.45) is 0 Å². The van der Waals surface area contributed by atoms with Crippen molar-refractivity contribution in [3.05, 3.63) is 53.1 Å². The molecule has 12 nitrogen and oxygen atoms in total. The fourth-order valence-electron chi connectivity index (χ4n) is 4.35. The van der Waals surface area contributed by atoms with Crippen molar-refractivity contribution in [3.63, 3.8) is 0 Å². The minimum Gasteiger partial charge on any atom is -0.496 e. The highest BCUT2D eigenvalue weighted by Crippen LogP contribution is 2.37. The van der Waals surface area contributed by atoms with Gasteiger partial charge in [0.15, 0.2) is 0 Å². The molecule has 0 saturated carbocycles. The number of benzene rings is 3. The lowest BCUT2D eigenvalue weighted by atomic mass is 10.2. The summed E-state index contributed by atoms with van der Waals surface area (Å²) in [6.07, 6.45) is 0. The number of aromatic nitrogens is 3. The van der Waals surface area contributed by atoms with E-state index in [2.05, 4.69) is 30.9 Å². The van der Waals surface area contributed by atoms with Gasteiger partial charge in [-0.25, -0.2) is 0 Å². The standard InChI is InChI=1S/C30H36N6O6/c1-16-10-25(40-7)19(13-22(16)37-4)31-28-34-29(32-20-14-23(38-5)17(2)11-26(20)41-8)36-30(35-28)33-21-15-24(39-6)18(3)12-27(21)42-9/h10-15H,1-9H3,(H3,31,32,33,34,35,36). The number of hydrogen-bond donors (Lipinski definition) is 3. The highest BCUT2D eigenvalue weighted by molar-refractivity contribution is 5.72. The molecular weight excluding hydrogens is 540 g/mol. The predicted octanol–water partition coefficient (Wildman–Crippen LogP) is 6.08. The third-order valence-corrected chi connectivity index (χ3v) is 6.53. The summed E-state index contributed by atoms with van der Waals surface area (Å²) in [6.45, 7) is 5.81. The topological polar surface area (TPSA) is 130 Å². The Hall–Kier alpha value is -5.13. The van der Waals surface area contributed by atoms with Crippen molar-refractivity contribution >= 4 is 34.9 Å². The smallest absolute Gasteiger partial charge is 0.233 e. The van der Waals surface area contributed by atoms with Crippen LogP contribution in [0.15, 0.2) is 36.4 Å². The van der Waals surface area contributed by atoms with Crippen molar-refractivity contribution in [2.45, 2.75) is 20.8 Å². The van der Waals surface area contributed by atoms with Crippen molar-refractivity contribution in [3.8, 4) is 34.5 Å². The van der Waals surface area contributed by atoms with Crippen LogP contribution in [0, 0.1) is 20.8 Å². The summed E-state index contributed by atoms with van der Waals surface area (Å²) in [6, 6.07) is 11.1. The second kappa shape index (κ2) is 13.0. The molecule has 0 amide bonds. The summed E-state index contributed by atoms with van der Waals surface area (Å²) >= 11 is 0. The summed E-state index contributed by atoms with van der Waals surface area (Å²) in [5.41, 5.74) is 4.56. The molecule has 42 heavy (non-hydrogen) atoms. The first-order chi connectivity index (χ1) is 20.2. The Labute approximate surface area is 245 Å². The molecule has 1 aromatic heterocycles. The lowest BCUT2D eigenvalue weighted by molar-refractivity contribution is 0.402. The van der Waals surface area contributed by atoms with Gasteiger partial charge in [-0.1, -0.05) is 0 Å². The normalized spacial score (nSPS) is 10.5.